The molecule has 0 saturated heterocycles. The van der Waals surface area contributed by atoms with Crippen LogP contribution < -0.4 is 15.4 Å². The van der Waals surface area contributed by atoms with Crippen LogP contribution in [0.15, 0.2) is 18.2 Å². The number of ether oxygens (including phenoxy) is 1. The largest absolute Gasteiger partial charge is 0.495 e. The molecule has 0 heterocycles. The number of nitro benzene ring substituents is 1. The van der Waals surface area contributed by atoms with E-state index < -0.39 is 22.8 Å². The molecular formula is C17H23N3O6. The van der Waals surface area contributed by atoms with E-state index in [1.54, 1.807) is 0 Å². The van der Waals surface area contributed by atoms with E-state index in [9.17, 15) is 24.8 Å². The lowest BCUT2D eigenvalue weighted by molar-refractivity contribution is -0.384. The van der Waals surface area contributed by atoms with E-state index in [0.29, 0.717) is 0 Å². The first-order chi connectivity index (χ1) is 12.4. The lowest BCUT2D eigenvalue weighted by Gasteiger charge is -2.26. The van der Waals surface area contributed by atoms with Gasteiger partial charge in [-0.1, -0.05) is 19.3 Å². The van der Waals surface area contributed by atoms with Crippen LogP contribution in [-0.4, -0.2) is 41.1 Å². The van der Waals surface area contributed by atoms with Gasteiger partial charge in [-0.05, 0) is 18.9 Å². The molecule has 0 aromatic heterocycles. The highest BCUT2D eigenvalue weighted by Gasteiger charge is 2.26. The maximum atomic E-state index is 12.3. The molecule has 1 aliphatic carbocycles. The zero-order valence-electron chi connectivity index (χ0n) is 14.6. The van der Waals surface area contributed by atoms with Gasteiger partial charge < -0.3 is 20.5 Å². The Kier molecular flexibility index (Phi) is 6.90. The molecule has 2 rings (SSSR count). The molecule has 9 nitrogen and oxygen atoms in total. The Morgan fingerprint density at radius 2 is 2.04 bits per heavy atom. The third kappa shape index (κ3) is 5.41. The number of non-ortho nitro benzene ring substituents is 1. The predicted octanol–water partition coefficient (Wildman–Crippen LogP) is 2.31. The van der Waals surface area contributed by atoms with Gasteiger partial charge in [0.25, 0.3) is 5.69 Å². The first-order valence-electron chi connectivity index (χ1n) is 8.52. The van der Waals surface area contributed by atoms with Gasteiger partial charge in [-0.2, -0.15) is 0 Å². The Hall–Kier alpha value is -2.68. The number of anilines is 1. The quantitative estimate of drug-likeness (QED) is 0.476. The third-order valence-electron chi connectivity index (χ3n) is 4.40. The van der Waals surface area contributed by atoms with E-state index in [1.165, 1.54) is 25.3 Å². The number of benzene rings is 1. The number of rotatable bonds is 8. The molecule has 1 aromatic carbocycles. The van der Waals surface area contributed by atoms with Crippen LogP contribution in [0, 0.1) is 10.1 Å². The number of nitrogens with zero attached hydrogens (tertiary/aromatic N) is 1. The molecule has 0 radical (unpaired) electrons. The highest BCUT2D eigenvalue weighted by molar-refractivity contribution is 5.95. The second-order valence-corrected chi connectivity index (χ2v) is 6.29. The molecule has 1 fully saturated rings. The van der Waals surface area contributed by atoms with Gasteiger partial charge >= 0.3 is 5.97 Å². The monoisotopic (exact) mass is 365 g/mol. The Morgan fingerprint density at radius 3 is 2.62 bits per heavy atom. The van der Waals surface area contributed by atoms with Gasteiger partial charge in [-0.15, -0.1) is 0 Å². The van der Waals surface area contributed by atoms with Crippen molar-refractivity contribution < 1.29 is 24.4 Å². The summed E-state index contributed by atoms with van der Waals surface area (Å²) in [6.07, 6.45) is 4.73. The topological polar surface area (TPSA) is 131 Å². The minimum absolute atomic E-state index is 0.0880. The van der Waals surface area contributed by atoms with Crippen LogP contribution in [0.1, 0.15) is 38.5 Å². The lowest BCUT2D eigenvalue weighted by Crippen LogP contribution is -2.46. The summed E-state index contributed by atoms with van der Waals surface area (Å²) in [5.74, 6) is -1.40. The van der Waals surface area contributed by atoms with E-state index in [0.717, 1.165) is 32.1 Å². The molecule has 26 heavy (non-hydrogen) atoms. The average Bonchev–Trinajstić information content (AvgIpc) is 2.61. The summed E-state index contributed by atoms with van der Waals surface area (Å²) < 4.78 is 5.09. The van der Waals surface area contributed by atoms with Gasteiger partial charge in [-0.25, -0.2) is 0 Å². The van der Waals surface area contributed by atoms with E-state index in [4.69, 9.17) is 4.74 Å². The lowest BCUT2D eigenvalue weighted by atomic mass is 9.94. The van der Waals surface area contributed by atoms with E-state index in [-0.39, 0.29) is 29.6 Å². The fourth-order valence-corrected chi connectivity index (χ4v) is 3.07. The number of hydrogen-bond donors (Lipinski definition) is 3. The summed E-state index contributed by atoms with van der Waals surface area (Å²) in [6.45, 7) is 0. The van der Waals surface area contributed by atoms with Crippen LogP contribution in [0.5, 0.6) is 5.75 Å². The summed E-state index contributed by atoms with van der Waals surface area (Å²) in [5.41, 5.74) is -0.0651. The van der Waals surface area contributed by atoms with Crippen molar-refractivity contribution in [2.45, 2.75) is 50.6 Å². The van der Waals surface area contributed by atoms with E-state index in [1.807, 2.05) is 0 Å². The highest BCUT2D eigenvalue weighted by atomic mass is 16.6. The molecule has 1 saturated carbocycles. The van der Waals surface area contributed by atoms with Crippen LogP contribution in [0.2, 0.25) is 0 Å². The van der Waals surface area contributed by atoms with Crippen LogP contribution in [0.4, 0.5) is 11.4 Å². The first-order valence-corrected chi connectivity index (χ1v) is 8.52. The molecule has 9 heteroatoms. The summed E-state index contributed by atoms with van der Waals surface area (Å²) in [7, 11) is 1.38. The molecule has 142 valence electrons. The second kappa shape index (κ2) is 9.14. The molecule has 1 amide bonds. The molecule has 0 spiro atoms. The molecule has 1 atom stereocenters. The fourth-order valence-electron chi connectivity index (χ4n) is 3.07. The summed E-state index contributed by atoms with van der Waals surface area (Å²) >= 11 is 0. The number of carbonyl (C=O) groups excluding carboxylic acids is 1. The Labute approximate surface area is 150 Å². The smallest absolute Gasteiger partial charge is 0.321 e. The van der Waals surface area contributed by atoms with Crippen LogP contribution in [0.25, 0.3) is 0 Å². The number of carboxylic acid groups (broad SMARTS) is 1. The molecule has 1 aliphatic rings. The summed E-state index contributed by atoms with van der Waals surface area (Å²) in [4.78, 5) is 34.1. The Morgan fingerprint density at radius 1 is 1.35 bits per heavy atom. The van der Waals surface area contributed by atoms with Gasteiger partial charge in [0.1, 0.15) is 11.8 Å². The molecule has 3 N–H and O–H groups in total. The standard InChI is InChI=1S/C17H23N3O6/c1-26-15-8-7-12(20(24)25)9-13(15)19-16(21)10-14(17(22)23)18-11-5-3-2-4-6-11/h7-9,11,14,18H,2-6,10H2,1H3,(H,19,21)(H,22,23). The first kappa shape index (κ1) is 19.6. The van der Waals surface area contributed by atoms with Crippen LogP contribution in [-0.2, 0) is 9.59 Å². The molecule has 0 aliphatic heterocycles. The molecule has 1 aromatic rings. The van der Waals surface area contributed by atoms with Gasteiger partial charge in [0, 0.05) is 18.2 Å². The minimum Gasteiger partial charge on any atom is -0.495 e. The normalized spacial score (nSPS) is 15.9. The third-order valence-corrected chi connectivity index (χ3v) is 4.40. The van der Waals surface area contributed by atoms with Crippen molar-refractivity contribution in [3.05, 3.63) is 28.3 Å². The van der Waals surface area contributed by atoms with Crippen molar-refractivity contribution in [3.63, 3.8) is 0 Å². The van der Waals surface area contributed by atoms with Gasteiger partial charge in [0.15, 0.2) is 0 Å². The molecular weight excluding hydrogens is 342 g/mol. The van der Waals surface area contributed by atoms with E-state index in [2.05, 4.69) is 10.6 Å². The van der Waals surface area contributed by atoms with Crippen molar-refractivity contribution in [2.75, 3.05) is 12.4 Å². The summed E-state index contributed by atoms with van der Waals surface area (Å²) in [6, 6.07) is 2.90. The zero-order valence-corrected chi connectivity index (χ0v) is 14.6. The van der Waals surface area contributed by atoms with Crippen molar-refractivity contribution in [3.8, 4) is 5.75 Å². The van der Waals surface area contributed by atoms with Crippen molar-refractivity contribution >= 4 is 23.3 Å². The average molecular weight is 365 g/mol. The Bertz CT molecular complexity index is 672. The summed E-state index contributed by atoms with van der Waals surface area (Å²) in [5, 5.41) is 25.8. The molecule has 0 bridgehead atoms. The Balaban J connectivity index is 2.04. The van der Waals surface area contributed by atoms with Crippen LogP contribution >= 0.6 is 0 Å². The van der Waals surface area contributed by atoms with E-state index >= 15 is 0 Å². The predicted molar refractivity (Wildman–Crippen MR) is 94.3 cm³/mol. The second-order valence-electron chi connectivity index (χ2n) is 6.29. The van der Waals surface area contributed by atoms with Crippen LogP contribution in [0.3, 0.4) is 0 Å². The maximum absolute atomic E-state index is 12.3. The van der Waals surface area contributed by atoms with Crippen molar-refractivity contribution in [1.82, 2.24) is 5.32 Å². The highest BCUT2D eigenvalue weighted by Crippen LogP contribution is 2.29. The number of hydrogen-bond acceptors (Lipinski definition) is 6. The van der Waals surface area contributed by atoms with Gasteiger partial charge in [-0.3, -0.25) is 19.7 Å². The number of nitrogens with one attached hydrogen (secondary N) is 2. The number of nitro groups is 1. The maximum Gasteiger partial charge on any atom is 0.321 e. The van der Waals surface area contributed by atoms with Crippen molar-refractivity contribution in [2.24, 2.45) is 0 Å². The number of carbonyl (C=O) groups is 2. The zero-order chi connectivity index (χ0) is 19.1. The van der Waals surface area contributed by atoms with Gasteiger partial charge in [0.05, 0.1) is 24.1 Å². The minimum atomic E-state index is -1.10. The fraction of sp³-hybridized carbons (Fsp3) is 0.529. The number of methoxy groups -OCH3 is 1. The number of carboxylic acids is 1. The number of aliphatic carboxylic acids is 1. The molecule has 1 unspecified atom stereocenters. The SMILES string of the molecule is COc1ccc([N+](=O)[O-])cc1NC(=O)CC(NC1CCCCC1)C(=O)O. The van der Waals surface area contributed by atoms with Gasteiger partial charge in [0.2, 0.25) is 5.91 Å². The van der Waals surface area contributed by atoms with Crippen molar-refractivity contribution in [1.29, 1.82) is 0 Å². The number of amides is 1.